The molecule has 0 radical (unpaired) electrons. The Morgan fingerprint density at radius 1 is 0.820 bits per heavy atom. The van der Waals surface area contributed by atoms with Gasteiger partial charge < -0.3 is 47.7 Å². The molecule has 6 fully saturated rings. The van der Waals surface area contributed by atoms with Gasteiger partial charge in [-0.15, -0.1) is 0 Å². The summed E-state index contributed by atoms with van der Waals surface area (Å²) in [6.07, 6.45) is 6.08. The second kappa shape index (κ2) is 18.6. The second-order valence-electron chi connectivity index (χ2n) is 19.7. The molecule has 4 saturated heterocycles. The first-order chi connectivity index (χ1) is 29.3. The van der Waals surface area contributed by atoms with Crippen LogP contribution < -0.4 is 4.90 Å². The highest BCUT2D eigenvalue weighted by atomic mass is 16.7. The van der Waals surface area contributed by atoms with E-state index in [9.17, 15) is 4.79 Å². The number of rotatable bonds is 10. The van der Waals surface area contributed by atoms with E-state index in [4.69, 9.17) is 37.9 Å². The molecule has 12 heteroatoms. The number of para-hydroxylation sites is 1. The normalized spacial score (nSPS) is 44.0. The number of likely N-dealkylation sites (N-methyl/N-ethyl adjacent to an activating group) is 1. The van der Waals surface area contributed by atoms with E-state index in [1.807, 2.05) is 13.8 Å². The maximum Gasteiger partial charge on any atom is 0.306 e. The summed E-state index contributed by atoms with van der Waals surface area (Å²) in [5.41, 5.74) is 4.56. The summed E-state index contributed by atoms with van der Waals surface area (Å²) in [7, 11) is 9.23. The predicted octanol–water partition coefficient (Wildman–Crippen LogP) is 6.81. The summed E-state index contributed by atoms with van der Waals surface area (Å²) in [5.74, 6) is 0.0201. The molecule has 340 valence electrons. The quantitative estimate of drug-likeness (QED) is 0.182. The zero-order chi connectivity index (χ0) is 43.4. The van der Waals surface area contributed by atoms with Crippen molar-refractivity contribution in [2.45, 2.75) is 179 Å². The van der Waals surface area contributed by atoms with Crippen molar-refractivity contribution >= 4 is 17.4 Å². The van der Waals surface area contributed by atoms with E-state index in [0.717, 1.165) is 50.5 Å². The Hall–Kier alpha value is -2.42. The van der Waals surface area contributed by atoms with Crippen LogP contribution in [0.3, 0.4) is 0 Å². The number of methoxy groups -OCH3 is 3. The lowest BCUT2D eigenvalue weighted by molar-refractivity contribution is -0.314. The highest BCUT2D eigenvalue weighted by Crippen LogP contribution is 2.65. The Morgan fingerprint density at radius 2 is 1.52 bits per heavy atom. The van der Waals surface area contributed by atoms with Crippen LogP contribution in [0.2, 0.25) is 0 Å². The van der Waals surface area contributed by atoms with Crippen LogP contribution in [0.15, 0.2) is 29.8 Å². The van der Waals surface area contributed by atoms with Crippen molar-refractivity contribution in [1.29, 1.82) is 0 Å². The largest absolute Gasteiger partial charge is 0.462 e. The molecule has 61 heavy (non-hydrogen) atoms. The fourth-order valence-corrected chi connectivity index (χ4v) is 13.2. The van der Waals surface area contributed by atoms with Gasteiger partial charge in [-0.3, -0.25) is 9.59 Å². The first-order valence-electron chi connectivity index (χ1n) is 23.5. The summed E-state index contributed by atoms with van der Waals surface area (Å²) in [6.45, 7) is 12.7. The van der Waals surface area contributed by atoms with Gasteiger partial charge in [-0.05, 0) is 134 Å². The van der Waals surface area contributed by atoms with Crippen molar-refractivity contribution in [2.75, 3.05) is 40.3 Å². The molecule has 1 aromatic carbocycles. The summed E-state index contributed by atoms with van der Waals surface area (Å²) in [5, 5.41) is 0. The highest BCUT2D eigenvalue weighted by molar-refractivity contribution is 5.99. The fourth-order valence-electron chi connectivity index (χ4n) is 13.2. The minimum Gasteiger partial charge on any atom is -0.462 e. The number of aryl methyl sites for hydroxylation is 2. The molecule has 0 aromatic heterocycles. The third-order valence-corrected chi connectivity index (χ3v) is 16.1. The van der Waals surface area contributed by atoms with Gasteiger partial charge in [-0.1, -0.05) is 38.1 Å². The maximum absolute atomic E-state index is 15.2. The van der Waals surface area contributed by atoms with E-state index in [1.54, 1.807) is 21.3 Å². The van der Waals surface area contributed by atoms with Crippen LogP contribution in [-0.2, 0) is 47.5 Å². The third kappa shape index (κ3) is 8.51. The molecule has 0 spiro atoms. The van der Waals surface area contributed by atoms with Crippen LogP contribution in [0.5, 0.6) is 0 Å². The SMILES string of the molecule is CC[C@H]1CCC[C@H](O[C@H]2CC[C@H](N(C)C)C(C)O2)[C@@H](C)C(=O)C2=C[C@H]3[C@@H]4C[C@H](O[C@@H]5OC(C)[C@H](OC)C(OC)[C@@H]5OC)C[C@H]4[C@H]4[C@@H]([C@H]3[C@@H]2CC(=O)O1)N4c1c(C)cccc1C. The van der Waals surface area contributed by atoms with Gasteiger partial charge >= 0.3 is 5.97 Å². The molecule has 0 amide bonds. The van der Waals surface area contributed by atoms with E-state index in [1.165, 1.54) is 16.8 Å². The van der Waals surface area contributed by atoms with Gasteiger partial charge in [0.05, 0.1) is 42.9 Å². The van der Waals surface area contributed by atoms with Crippen LogP contribution in [0, 0.1) is 49.4 Å². The van der Waals surface area contributed by atoms with Gasteiger partial charge in [-0.25, -0.2) is 0 Å². The number of hydrogen-bond donors (Lipinski definition) is 0. The standard InChI is InChI=1S/C49H74N2O10/c1-12-30-17-14-18-38(61-40-20-19-37(50(7)8)28(5)57-40)27(4)45(53)36-23-33-32-21-31(60-49-48(56-11)47(55-10)46(54-9)29(6)58-49)22-35(32)43-44(41(33)34(36)24-39(52)59-30)51(43)42-25(2)15-13-16-26(42)3/h13,15-16,23,27-35,37-38,40-41,43-44,46-49H,12,14,17-22,24H2,1-11H3/t27-,28?,29?,30+,31+,32+,33+,34-,35-,37+,38+,40+,41-,43+,44-,46+,47?,48+,49+,51?/m1/s1. The molecule has 1 aromatic rings. The predicted molar refractivity (Wildman–Crippen MR) is 231 cm³/mol. The number of Topliss-reactive ketones (excluding diaryl/α,β-unsaturated/α-hetero) is 1. The Labute approximate surface area is 364 Å². The number of benzene rings is 1. The molecule has 0 N–H and O–H groups in total. The zero-order valence-corrected chi connectivity index (χ0v) is 38.6. The summed E-state index contributed by atoms with van der Waals surface area (Å²) in [6, 6.07) is 7.31. The molecule has 3 aliphatic carbocycles. The van der Waals surface area contributed by atoms with Crippen LogP contribution in [0.1, 0.15) is 96.6 Å². The van der Waals surface area contributed by atoms with Crippen molar-refractivity contribution < 1.29 is 47.5 Å². The molecule has 7 aliphatic rings. The summed E-state index contributed by atoms with van der Waals surface area (Å²) >= 11 is 0. The molecule has 12 nitrogen and oxygen atoms in total. The van der Waals surface area contributed by atoms with Crippen LogP contribution in [0.4, 0.5) is 5.69 Å². The lowest BCUT2D eigenvalue weighted by Gasteiger charge is -2.44. The van der Waals surface area contributed by atoms with Crippen molar-refractivity contribution in [3.05, 3.63) is 41.0 Å². The van der Waals surface area contributed by atoms with Gasteiger partial charge in [0.15, 0.2) is 18.4 Å². The number of esters is 1. The smallest absolute Gasteiger partial charge is 0.306 e. The molecule has 3 unspecified atom stereocenters. The Kier molecular flexibility index (Phi) is 13.8. The number of ether oxygens (including phenoxy) is 8. The van der Waals surface area contributed by atoms with Gasteiger partial charge in [0.1, 0.15) is 24.4 Å². The number of cyclic esters (lactones) is 1. The fraction of sp³-hybridized carbons (Fsp3) is 0.796. The molecule has 0 bridgehead atoms. The minimum absolute atomic E-state index is 0.0237. The zero-order valence-electron chi connectivity index (χ0n) is 38.6. The molecule has 8 rings (SSSR count). The first kappa shape index (κ1) is 45.2. The number of nitrogens with zero attached hydrogens (tertiary/aromatic N) is 2. The Morgan fingerprint density at radius 3 is 2.18 bits per heavy atom. The van der Waals surface area contributed by atoms with Gasteiger partial charge in [0.25, 0.3) is 0 Å². The van der Waals surface area contributed by atoms with Gasteiger partial charge in [0.2, 0.25) is 0 Å². The lowest BCUT2D eigenvalue weighted by atomic mass is 9.66. The Bertz CT molecular complexity index is 1730. The maximum atomic E-state index is 15.2. The van der Waals surface area contributed by atoms with E-state index in [2.05, 4.69) is 75.9 Å². The first-order valence-corrected chi connectivity index (χ1v) is 23.5. The molecular weight excluding hydrogens is 777 g/mol. The van der Waals surface area contributed by atoms with E-state index in [0.29, 0.717) is 18.4 Å². The number of carbonyl (C=O) groups excluding carboxylic acids is 2. The lowest BCUT2D eigenvalue weighted by Crippen LogP contribution is -2.59. The summed E-state index contributed by atoms with van der Waals surface area (Å²) < 4.78 is 50.8. The summed E-state index contributed by atoms with van der Waals surface area (Å²) in [4.78, 5) is 34.2. The average Bonchev–Trinajstić information content (AvgIpc) is 3.59. The van der Waals surface area contributed by atoms with Crippen molar-refractivity contribution in [3.8, 4) is 0 Å². The average molecular weight is 851 g/mol. The van der Waals surface area contributed by atoms with Crippen molar-refractivity contribution in [2.24, 2.45) is 35.5 Å². The van der Waals surface area contributed by atoms with Crippen LogP contribution >= 0.6 is 0 Å². The van der Waals surface area contributed by atoms with Crippen molar-refractivity contribution in [1.82, 2.24) is 4.90 Å². The third-order valence-electron chi connectivity index (χ3n) is 16.1. The molecule has 19 atom stereocenters. The topological polar surface area (TPSA) is 114 Å². The number of anilines is 1. The minimum atomic E-state index is -0.621. The number of carbonyl (C=O) groups is 2. The number of ketones is 1. The highest BCUT2D eigenvalue weighted by Gasteiger charge is 2.69. The van der Waals surface area contributed by atoms with E-state index < -0.39 is 18.3 Å². The van der Waals surface area contributed by atoms with Gasteiger partial charge in [-0.2, -0.15) is 0 Å². The molecule has 2 saturated carbocycles. The van der Waals surface area contributed by atoms with Crippen LogP contribution in [0.25, 0.3) is 0 Å². The van der Waals surface area contributed by atoms with Gasteiger partial charge in [0, 0.05) is 44.9 Å². The number of allylic oxidation sites excluding steroid dienone is 2. The molecular formula is C49H74N2O10. The van der Waals surface area contributed by atoms with E-state index >= 15 is 4.79 Å². The number of hydrogen-bond acceptors (Lipinski definition) is 12. The molecule has 4 aliphatic heterocycles. The second-order valence-corrected chi connectivity index (χ2v) is 19.7. The monoisotopic (exact) mass is 851 g/mol. The van der Waals surface area contributed by atoms with Crippen LogP contribution in [-0.4, -0.2) is 132 Å². The number of fused-ring (bicyclic) bond motifs is 8. The molecule has 4 heterocycles. The van der Waals surface area contributed by atoms with E-state index in [-0.39, 0.29) is 103 Å². The Balaban J connectivity index is 1.12. The van der Waals surface area contributed by atoms with Crippen molar-refractivity contribution in [3.63, 3.8) is 0 Å².